The van der Waals surface area contributed by atoms with Crippen molar-refractivity contribution in [1.82, 2.24) is 14.9 Å². The maximum absolute atomic E-state index is 11.9. The molecule has 8 heteroatoms. The first-order valence-electron chi connectivity index (χ1n) is 6.52. The molecule has 0 fully saturated rings. The molecule has 0 radical (unpaired) electrons. The van der Waals surface area contributed by atoms with E-state index in [1.165, 1.54) is 13.1 Å². The van der Waals surface area contributed by atoms with Gasteiger partial charge in [-0.1, -0.05) is 13.8 Å². The van der Waals surface area contributed by atoms with E-state index in [4.69, 9.17) is 5.11 Å². The molecule has 1 aromatic heterocycles. The molecule has 0 unspecified atom stereocenters. The molecule has 1 rings (SSSR count). The second-order valence-electron chi connectivity index (χ2n) is 5.22. The Hall–Kier alpha value is -2.38. The highest BCUT2D eigenvalue weighted by Crippen LogP contribution is 2.06. The lowest BCUT2D eigenvalue weighted by molar-refractivity contribution is -0.138. The van der Waals surface area contributed by atoms with Gasteiger partial charge in [0.2, 0.25) is 5.91 Å². The highest BCUT2D eigenvalue weighted by Gasteiger charge is 2.19. The van der Waals surface area contributed by atoms with Crippen molar-refractivity contribution < 1.29 is 14.7 Å². The predicted molar refractivity (Wildman–Crippen MR) is 75.1 cm³/mol. The van der Waals surface area contributed by atoms with Gasteiger partial charge < -0.3 is 10.4 Å². The number of rotatable bonds is 6. The van der Waals surface area contributed by atoms with E-state index in [0.717, 1.165) is 4.57 Å². The SMILES string of the molecule is Cc1cn(CC(=O)N[C@H](CC(=O)O)C(C)C)c(=O)[nH]c1=O. The van der Waals surface area contributed by atoms with Gasteiger partial charge >= 0.3 is 11.7 Å². The smallest absolute Gasteiger partial charge is 0.328 e. The van der Waals surface area contributed by atoms with E-state index in [1.54, 1.807) is 13.8 Å². The van der Waals surface area contributed by atoms with Gasteiger partial charge in [-0.25, -0.2) is 4.79 Å². The van der Waals surface area contributed by atoms with Crippen LogP contribution in [-0.2, 0) is 16.1 Å². The van der Waals surface area contributed by atoms with Gasteiger partial charge in [0.1, 0.15) is 6.54 Å². The lowest BCUT2D eigenvalue weighted by atomic mass is 10.0. The fourth-order valence-corrected chi connectivity index (χ4v) is 1.78. The summed E-state index contributed by atoms with van der Waals surface area (Å²) < 4.78 is 1.07. The number of nitrogens with zero attached hydrogens (tertiary/aromatic N) is 1. The summed E-state index contributed by atoms with van der Waals surface area (Å²) in [5, 5.41) is 11.4. The molecule has 8 nitrogen and oxygen atoms in total. The molecule has 3 N–H and O–H groups in total. The Balaban J connectivity index is 2.81. The van der Waals surface area contributed by atoms with Crippen molar-refractivity contribution in [2.45, 2.75) is 39.8 Å². The summed E-state index contributed by atoms with van der Waals surface area (Å²) in [6, 6.07) is -0.519. The van der Waals surface area contributed by atoms with Crippen molar-refractivity contribution in [3.63, 3.8) is 0 Å². The zero-order valence-corrected chi connectivity index (χ0v) is 12.2. The molecule has 0 aliphatic heterocycles. The Kier molecular flexibility index (Phi) is 5.45. The van der Waals surface area contributed by atoms with Crippen LogP contribution in [0.15, 0.2) is 15.8 Å². The maximum atomic E-state index is 11.9. The number of nitrogens with one attached hydrogen (secondary N) is 2. The lowest BCUT2D eigenvalue weighted by Gasteiger charge is -2.20. The first kappa shape index (κ1) is 16.7. The molecule has 1 amide bonds. The lowest BCUT2D eigenvalue weighted by Crippen LogP contribution is -2.43. The van der Waals surface area contributed by atoms with Gasteiger partial charge in [0.25, 0.3) is 5.56 Å². The largest absolute Gasteiger partial charge is 0.481 e. The average Bonchev–Trinajstić information content (AvgIpc) is 2.34. The molecule has 0 aromatic carbocycles. The minimum atomic E-state index is -1.01. The summed E-state index contributed by atoms with van der Waals surface area (Å²) in [5.74, 6) is -1.55. The third-order valence-corrected chi connectivity index (χ3v) is 3.05. The Labute approximate surface area is 120 Å². The first-order valence-corrected chi connectivity index (χ1v) is 6.52. The van der Waals surface area contributed by atoms with Gasteiger partial charge in [-0.15, -0.1) is 0 Å². The summed E-state index contributed by atoms with van der Waals surface area (Å²) in [4.78, 5) is 47.5. The number of hydrogen-bond acceptors (Lipinski definition) is 4. The van der Waals surface area contributed by atoms with E-state index in [0.29, 0.717) is 5.56 Å². The van der Waals surface area contributed by atoms with E-state index in [-0.39, 0.29) is 18.9 Å². The zero-order chi connectivity index (χ0) is 16.2. The van der Waals surface area contributed by atoms with Crippen LogP contribution in [-0.4, -0.2) is 32.6 Å². The van der Waals surface area contributed by atoms with Gasteiger partial charge in [-0.2, -0.15) is 0 Å². The van der Waals surface area contributed by atoms with Crippen LogP contribution in [0.25, 0.3) is 0 Å². The maximum Gasteiger partial charge on any atom is 0.328 e. The number of hydrogen-bond donors (Lipinski definition) is 3. The number of carbonyl (C=O) groups is 2. The van der Waals surface area contributed by atoms with Gasteiger partial charge in [0, 0.05) is 17.8 Å². The van der Waals surface area contributed by atoms with Crippen molar-refractivity contribution in [1.29, 1.82) is 0 Å². The highest BCUT2D eigenvalue weighted by molar-refractivity contribution is 5.77. The number of carbonyl (C=O) groups excluding carboxylic acids is 1. The van der Waals surface area contributed by atoms with Gasteiger partial charge in [-0.3, -0.25) is 23.9 Å². The number of carboxylic acid groups (broad SMARTS) is 1. The summed E-state index contributed by atoms with van der Waals surface area (Å²) in [7, 11) is 0. The van der Waals surface area contributed by atoms with Crippen LogP contribution in [0.1, 0.15) is 25.8 Å². The van der Waals surface area contributed by atoms with Crippen molar-refractivity contribution in [2.75, 3.05) is 0 Å². The van der Waals surface area contributed by atoms with E-state index >= 15 is 0 Å². The molecule has 0 bridgehead atoms. The van der Waals surface area contributed by atoms with E-state index < -0.39 is 29.2 Å². The molecule has 21 heavy (non-hydrogen) atoms. The average molecular weight is 297 g/mol. The quantitative estimate of drug-likeness (QED) is 0.651. The molecular formula is C13H19N3O5. The molecule has 116 valence electrons. The van der Waals surface area contributed by atoms with Crippen molar-refractivity contribution >= 4 is 11.9 Å². The fourth-order valence-electron chi connectivity index (χ4n) is 1.78. The molecule has 0 spiro atoms. The molecule has 0 aliphatic carbocycles. The van der Waals surface area contributed by atoms with Crippen LogP contribution in [0.4, 0.5) is 0 Å². The van der Waals surface area contributed by atoms with Crippen molar-refractivity contribution in [3.05, 3.63) is 32.6 Å². The predicted octanol–water partition coefficient (Wildman–Crippen LogP) is -0.539. The number of carboxylic acids is 1. The Morgan fingerprint density at radius 3 is 2.52 bits per heavy atom. The number of amides is 1. The normalized spacial score (nSPS) is 12.2. The zero-order valence-electron chi connectivity index (χ0n) is 12.2. The number of aryl methyl sites for hydroxylation is 1. The molecule has 0 saturated heterocycles. The number of aromatic nitrogens is 2. The minimum absolute atomic E-state index is 0.0564. The van der Waals surface area contributed by atoms with E-state index in [2.05, 4.69) is 10.3 Å². The summed E-state index contributed by atoms with van der Waals surface area (Å²) in [6.45, 7) is 4.84. The number of aromatic amines is 1. The van der Waals surface area contributed by atoms with Crippen LogP contribution >= 0.6 is 0 Å². The minimum Gasteiger partial charge on any atom is -0.481 e. The van der Waals surface area contributed by atoms with Crippen LogP contribution in [0.5, 0.6) is 0 Å². The first-order chi connectivity index (χ1) is 9.70. The second kappa shape index (κ2) is 6.87. The van der Waals surface area contributed by atoms with Gasteiger partial charge in [0.05, 0.1) is 6.42 Å². The summed E-state index contributed by atoms with van der Waals surface area (Å²) in [5.41, 5.74) is -0.865. The second-order valence-corrected chi connectivity index (χ2v) is 5.22. The molecule has 0 aliphatic rings. The van der Waals surface area contributed by atoms with Gasteiger partial charge in [0.15, 0.2) is 0 Å². The van der Waals surface area contributed by atoms with Crippen molar-refractivity contribution in [2.24, 2.45) is 5.92 Å². The van der Waals surface area contributed by atoms with Gasteiger partial charge in [-0.05, 0) is 12.8 Å². The number of aliphatic carboxylic acids is 1. The molecule has 1 heterocycles. The Morgan fingerprint density at radius 1 is 1.38 bits per heavy atom. The fraction of sp³-hybridized carbons (Fsp3) is 0.538. The molecule has 1 aromatic rings. The standard InChI is InChI=1S/C13H19N3O5/c1-7(2)9(4-11(18)19)14-10(17)6-16-5-8(3)12(20)15-13(16)21/h5,7,9H,4,6H2,1-3H3,(H,14,17)(H,18,19)(H,15,20,21)/t9-/m1/s1. The Bertz CT molecular complexity index is 644. The highest BCUT2D eigenvalue weighted by atomic mass is 16.4. The van der Waals surface area contributed by atoms with E-state index in [9.17, 15) is 19.2 Å². The van der Waals surface area contributed by atoms with Crippen LogP contribution in [0.3, 0.4) is 0 Å². The molecule has 1 atom stereocenters. The molecule has 0 saturated carbocycles. The third-order valence-electron chi connectivity index (χ3n) is 3.05. The topological polar surface area (TPSA) is 121 Å². The summed E-state index contributed by atoms with van der Waals surface area (Å²) >= 11 is 0. The summed E-state index contributed by atoms with van der Waals surface area (Å²) in [6.07, 6.45) is 1.10. The van der Waals surface area contributed by atoms with Crippen LogP contribution < -0.4 is 16.6 Å². The third kappa shape index (κ3) is 4.90. The Morgan fingerprint density at radius 2 is 2.00 bits per heavy atom. The van der Waals surface area contributed by atoms with Crippen LogP contribution in [0.2, 0.25) is 0 Å². The number of H-pyrrole nitrogens is 1. The van der Waals surface area contributed by atoms with Crippen LogP contribution in [0, 0.1) is 12.8 Å². The van der Waals surface area contributed by atoms with E-state index in [1.807, 2.05) is 0 Å². The molecular weight excluding hydrogens is 278 g/mol. The monoisotopic (exact) mass is 297 g/mol. The van der Waals surface area contributed by atoms with Crippen molar-refractivity contribution in [3.8, 4) is 0 Å².